The first-order chi connectivity index (χ1) is 11.9. The van der Waals surface area contributed by atoms with Gasteiger partial charge in [-0.25, -0.2) is 0 Å². The van der Waals surface area contributed by atoms with Gasteiger partial charge in [-0.3, -0.25) is 9.59 Å². The molecule has 1 amide bonds. The van der Waals surface area contributed by atoms with E-state index in [-0.39, 0.29) is 13.1 Å². The summed E-state index contributed by atoms with van der Waals surface area (Å²) < 4.78 is 29.0. The fourth-order valence-corrected chi connectivity index (χ4v) is 3.23. The Morgan fingerprint density at radius 2 is 1.52 bits per heavy atom. The van der Waals surface area contributed by atoms with Gasteiger partial charge in [0, 0.05) is 24.6 Å². The third-order valence-electron chi connectivity index (χ3n) is 4.56. The molecule has 2 aromatic rings. The molecular formula is C19H17F2NO3. The fraction of sp³-hybridized carbons (Fsp3) is 0.263. The monoisotopic (exact) mass is 345 g/mol. The second-order valence-electron chi connectivity index (χ2n) is 6.11. The third-order valence-corrected chi connectivity index (χ3v) is 4.56. The fourth-order valence-electron chi connectivity index (χ4n) is 3.23. The topological polar surface area (TPSA) is 57.6 Å². The van der Waals surface area contributed by atoms with Gasteiger partial charge in [-0.05, 0) is 5.56 Å². The predicted molar refractivity (Wildman–Crippen MR) is 87.2 cm³/mol. The minimum Gasteiger partial charge on any atom is -0.481 e. The van der Waals surface area contributed by atoms with Crippen molar-refractivity contribution in [2.75, 3.05) is 13.1 Å². The lowest BCUT2D eigenvalue weighted by Crippen LogP contribution is -2.41. The molecule has 1 N–H and O–H groups in total. The molecule has 0 spiro atoms. The first-order valence-corrected chi connectivity index (χ1v) is 7.91. The average molecular weight is 345 g/mol. The van der Waals surface area contributed by atoms with Crippen molar-refractivity contribution < 1.29 is 23.5 Å². The molecule has 0 aliphatic carbocycles. The molecule has 1 saturated heterocycles. The number of halogens is 2. The first-order valence-electron chi connectivity index (χ1n) is 7.91. The van der Waals surface area contributed by atoms with E-state index in [0.717, 1.165) is 10.5 Å². The Morgan fingerprint density at radius 1 is 0.960 bits per heavy atom. The Kier molecular flexibility index (Phi) is 4.53. The molecule has 1 aliphatic rings. The molecule has 1 fully saturated rings. The lowest BCUT2D eigenvalue weighted by atomic mass is 9.89. The van der Waals surface area contributed by atoms with Gasteiger partial charge in [0.15, 0.2) is 0 Å². The molecule has 2 aromatic carbocycles. The summed E-state index contributed by atoms with van der Waals surface area (Å²) in [6.07, 6.45) is 0. The number of carboxylic acids is 1. The highest BCUT2D eigenvalue weighted by Crippen LogP contribution is 2.37. The van der Waals surface area contributed by atoms with E-state index in [1.54, 1.807) is 36.4 Å². The van der Waals surface area contributed by atoms with Crippen molar-refractivity contribution >= 4 is 11.9 Å². The van der Waals surface area contributed by atoms with Crippen LogP contribution in [0.15, 0.2) is 60.7 Å². The Labute approximate surface area is 143 Å². The lowest BCUT2D eigenvalue weighted by molar-refractivity contribution is -0.158. The number of carbonyl (C=O) groups excluding carboxylic acids is 1. The molecule has 2 unspecified atom stereocenters. The van der Waals surface area contributed by atoms with Gasteiger partial charge in [-0.1, -0.05) is 60.7 Å². The van der Waals surface area contributed by atoms with Crippen molar-refractivity contribution in [1.29, 1.82) is 0 Å². The van der Waals surface area contributed by atoms with Crippen LogP contribution < -0.4 is 0 Å². The summed E-state index contributed by atoms with van der Waals surface area (Å²) in [4.78, 5) is 24.9. The summed E-state index contributed by atoms with van der Waals surface area (Å²) in [5, 5.41) is 9.44. The molecule has 1 aliphatic heterocycles. The van der Waals surface area contributed by atoms with E-state index in [0.29, 0.717) is 0 Å². The van der Waals surface area contributed by atoms with Crippen LogP contribution in [0.1, 0.15) is 17.0 Å². The van der Waals surface area contributed by atoms with Crippen LogP contribution in [0.5, 0.6) is 0 Å². The lowest BCUT2D eigenvalue weighted by Gasteiger charge is -2.23. The number of benzene rings is 2. The van der Waals surface area contributed by atoms with Gasteiger partial charge in [0.05, 0.1) is 5.92 Å². The van der Waals surface area contributed by atoms with Crippen LogP contribution in [-0.4, -0.2) is 35.0 Å². The van der Waals surface area contributed by atoms with E-state index in [1.807, 2.05) is 0 Å². The van der Waals surface area contributed by atoms with E-state index in [2.05, 4.69) is 0 Å². The maximum Gasteiger partial charge on any atom is 0.349 e. The molecular weight excluding hydrogens is 328 g/mol. The number of amides is 1. The zero-order chi connectivity index (χ0) is 18.0. The number of aliphatic carboxylic acids is 1. The second kappa shape index (κ2) is 6.63. The molecule has 0 radical (unpaired) electrons. The Morgan fingerprint density at radius 3 is 2.08 bits per heavy atom. The van der Waals surface area contributed by atoms with E-state index >= 15 is 0 Å². The summed E-state index contributed by atoms with van der Waals surface area (Å²) in [5.41, 5.74) is 0.336. The number of nitrogens with zero attached hydrogens (tertiary/aromatic N) is 1. The Bertz CT molecular complexity index is 765. The van der Waals surface area contributed by atoms with Gasteiger partial charge in [0.2, 0.25) is 0 Å². The highest BCUT2D eigenvalue weighted by molar-refractivity contribution is 5.86. The Balaban J connectivity index is 1.86. The van der Waals surface area contributed by atoms with Crippen LogP contribution >= 0.6 is 0 Å². The number of likely N-dealkylation sites (tertiary alicyclic amines) is 1. The number of alkyl halides is 2. The second-order valence-corrected chi connectivity index (χ2v) is 6.11. The molecule has 0 aromatic heterocycles. The van der Waals surface area contributed by atoms with Crippen LogP contribution in [0.2, 0.25) is 0 Å². The average Bonchev–Trinajstić information content (AvgIpc) is 3.08. The van der Waals surface area contributed by atoms with Gasteiger partial charge in [-0.2, -0.15) is 8.78 Å². The van der Waals surface area contributed by atoms with Crippen molar-refractivity contribution in [1.82, 2.24) is 4.90 Å². The Hall–Kier alpha value is -2.76. The summed E-state index contributed by atoms with van der Waals surface area (Å²) in [7, 11) is 0. The molecule has 2 atom stereocenters. The first kappa shape index (κ1) is 17.1. The number of carbonyl (C=O) groups is 2. The van der Waals surface area contributed by atoms with Crippen molar-refractivity contribution in [3.8, 4) is 0 Å². The smallest absolute Gasteiger partial charge is 0.349 e. The van der Waals surface area contributed by atoms with Crippen molar-refractivity contribution in [3.63, 3.8) is 0 Å². The van der Waals surface area contributed by atoms with E-state index < -0.39 is 35.2 Å². The van der Waals surface area contributed by atoms with Crippen LogP contribution in [0, 0.1) is 5.92 Å². The summed E-state index contributed by atoms with van der Waals surface area (Å²) in [5.74, 6) is -7.54. The van der Waals surface area contributed by atoms with E-state index in [9.17, 15) is 23.5 Å². The van der Waals surface area contributed by atoms with Gasteiger partial charge in [0.25, 0.3) is 5.91 Å². The highest BCUT2D eigenvalue weighted by Gasteiger charge is 2.49. The maximum atomic E-state index is 14.5. The molecule has 0 bridgehead atoms. The van der Waals surface area contributed by atoms with E-state index in [4.69, 9.17) is 0 Å². The number of carboxylic acid groups (broad SMARTS) is 1. The molecule has 1 heterocycles. The minimum absolute atomic E-state index is 0.0394. The number of hydrogen-bond acceptors (Lipinski definition) is 2. The van der Waals surface area contributed by atoms with Gasteiger partial charge < -0.3 is 10.0 Å². The van der Waals surface area contributed by atoms with Crippen molar-refractivity contribution in [2.45, 2.75) is 11.8 Å². The summed E-state index contributed by atoms with van der Waals surface area (Å²) in [6.45, 7) is -0.265. The van der Waals surface area contributed by atoms with Crippen LogP contribution in [0.4, 0.5) is 8.78 Å². The summed E-state index contributed by atoms with van der Waals surface area (Å²) >= 11 is 0. The van der Waals surface area contributed by atoms with Crippen LogP contribution in [0.25, 0.3) is 0 Å². The minimum atomic E-state index is -3.68. The van der Waals surface area contributed by atoms with E-state index in [1.165, 1.54) is 24.3 Å². The molecule has 130 valence electrons. The molecule has 4 nitrogen and oxygen atoms in total. The van der Waals surface area contributed by atoms with Crippen molar-refractivity contribution in [2.24, 2.45) is 5.92 Å². The van der Waals surface area contributed by atoms with Gasteiger partial charge >= 0.3 is 11.9 Å². The predicted octanol–water partition coefficient (Wildman–Crippen LogP) is 3.11. The standard InChI is InChI=1S/C19H17F2NO3/c20-19(21,14-9-5-2-6-10-14)18(25)22-11-15(16(12-22)17(23)24)13-7-3-1-4-8-13/h1-10,15-16H,11-12H2,(H,23,24). The number of rotatable bonds is 4. The van der Waals surface area contributed by atoms with Crippen LogP contribution in [-0.2, 0) is 15.5 Å². The van der Waals surface area contributed by atoms with Crippen molar-refractivity contribution in [3.05, 3.63) is 71.8 Å². The molecule has 6 heteroatoms. The largest absolute Gasteiger partial charge is 0.481 e. The number of hydrogen-bond donors (Lipinski definition) is 1. The maximum absolute atomic E-state index is 14.5. The highest BCUT2D eigenvalue weighted by atomic mass is 19.3. The zero-order valence-corrected chi connectivity index (χ0v) is 13.3. The normalized spacial score (nSPS) is 20.5. The van der Waals surface area contributed by atoms with Gasteiger partial charge in [-0.15, -0.1) is 0 Å². The molecule has 0 saturated carbocycles. The third kappa shape index (κ3) is 3.24. The quantitative estimate of drug-likeness (QED) is 0.926. The van der Waals surface area contributed by atoms with Gasteiger partial charge in [0.1, 0.15) is 0 Å². The molecule has 25 heavy (non-hydrogen) atoms. The SMILES string of the molecule is O=C(O)C1CN(C(=O)C(F)(F)c2ccccc2)CC1c1ccccc1. The van der Waals surface area contributed by atoms with Crippen LogP contribution in [0.3, 0.4) is 0 Å². The summed E-state index contributed by atoms with van der Waals surface area (Å²) in [6, 6.07) is 15.7. The molecule has 3 rings (SSSR count). The zero-order valence-electron chi connectivity index (χ0n) is 13.3.